The monoisotopic (exact) mass is 520 g/mol. The van der Waals surface area contributed by atoms with Crippen molar-refractivity contribution in [1.82, 2.24) is 20.0 Å². The number of amides is 2. The second-order valence-corrected chi connectivity index (χ2v) is 10.9. The van der Waals surface area contributed by atoms with Crippen LogP contribution in [0.3, 0.4) is 0 Å². The number of benzene rings is 2. The first kappa shape index (κ1) is 24.1. The molecule has 37 heavy (non-hydrogen) atoms. The average Bonchev–Trinajstić information content (AvgIpc) is 3.62. The highest BCUT2D eigenvalue weighted by atomic mass is 35.5. The van der Waals surface area contributed by atoms with Gasteiger partial charge >= 0.3 is 0 Å². The molecular weight excluding hydrogens is 492 g/mol. The van der Waals surface area contributed by atoms with E-state index in [0.29, 0.717) is 60.6 Å². The summed E-state index contributed by atoms with van der Waals surface area (Å²) in [6.45, 7) is 0.981. The summed E-state index contributed by atoms with van der Waals surface area (Å²) in [6, 6.07) is 13.8. The minimum atomic E-state index is -0.625. The van der Waals surface area contributed by atoms with E-state index in [1.54, 1.807) is 15.9 Å². The molecule has 1 aliphatic carbocycles. The molecule has 4 atom stereocenters. The molecule has 0 radical (unpaired) electrons. The number of nitrogens with one attached hydrogen (secondary N) is 1. The van der Waals surface area contributed by atoms with Crippen molar-refractivity contribution >= 4 is 40.1 Å². The minimum Gasteiger partial charge on any atom is -0.391 e. The Labute approximate surface area is 219 Å². The number of aromatic nitrogens is 2. The molecule has 192 valence electrons. The lowest BCUT2D eigenvalue weighted by Gasteiger charge is -2.41. The molecule has 2 saturated heterocycles. The molecule has 1 aromatic heterocycles. The SMILES string of the molecule is O=C(c1ccccc1)C1CCN(C(=O)[C@H]2C3CC([C@@H](O)C3)N2C(=O)Cc2[nH]nc3c(Cl)cccc23)CC1. The van der Waals surface area contributed by atoms with Crippen molar-refractivity contribution < 1.29 is 19.5 Å². The van der Waals surface area contributed by atoms with Crippen molar-refractivity contribution in [1.29, 1.82) is 0 Å². The number of aliphatic hydroxyl groups excluding tert-OH is 1. The van der Waals surface area contributed by atoms with Crippen molar-refractivity contribution in [3.63, 3.8) is 0 Å². The van der Waals surface area contributed by atoms with E-state index >= 15 is 0 Å². The maximum Gasteiger partial charge on any atom is 0.245 e. The third-order valence-corrected chi connectivity index (χ3v) is 8.66. The second-order valence-electron chi connectivity index (χ2n) is 10.5. The number of para-hydroxylation sites is 1. The Bertz CT molecular complexity index is 1350. The van der Waals surface area contributed by atoms with E-state index in [0.717, 1.165) is 5.39 Å². The number of hydrogen-bond donors (Lipinski definition) is 2. The van der Waals surface area contributed by atoms with Crippen molar-refractivity contribution in [3.05, 3.63) is 64.8 Å². The van der Waals surface area contributed by atoms with Crippen LogP contribution in [0.25, 0.3) is 10.9 Å². The molecule has 2 unspecified atom stereocenters. The molecule has 3 heterocycles. The molecule has 3 aromatic rings. The van der Waals surface area contributed by atoms with Gasteiger partial charge in [-0.1, -0.05) is 54.1 Å². The van der Waals surface area contributed by atoms with Crippen LogP contribution in [0.15, 0.2) is 48.5 Å². The van der Waals surface area contributed by atoms with Gasteiger partial charge < -0.3 is 14.9 Å². The van der Waals surface area contributed by atoms with E-state index in [2.05, 4.69) is 10.2 Å². The normalized spacial score (nSPS) is 25.7. The molecule has 8 nitrogen and oxygen atoms in total. The molecule has 2 bridgehead atoms. The highest BCUT2D eigenvalue weighted by Crippen LogP contribution is 2.44. The lowest BCUT2D eigenvalue weighted by Crippen LogP contribution is -2.58. The number of aliphatic hydroxyl groups is 1. The largest absolute Gasteiger partial charge is 0.391 e. The number of fused-ring (bicyclic) bond motifs is 3. The summed E-state index contributed by atoms with van der Waals surface area (Å²) in [5.41, 5.74) is 1.96. The molecule has 9 heteroatoms. The number of carbonyl (C=O) groups is 3. The fraction of sp³-hybridized carbons (Fsp3) is 0.429. The fourth-order valence-electron chi connectivity index (χ4n) is 6.50. The summed E-state index contributed by atoms with van der Waals surface area (Å²) in [5.74, 6) is -0.320. The third-order valence-electron chi connectivity index (χ3n) is 8.36. The van der Waals surface area contributed by atoms with Gasteiger partial charge in [0.1, 0.15) is 11.6 Å². The smallest absolute Gasteiger partial charge is 0.245 e. The molecule has 3 fully saturated rings. The summed E-state index contributed by atoms with van der Waals surface area (Å²) in [7, 11) is 0. The molecule has 2 aliphatic heterocycles. The van der Waals surface area contributed by atoms with E-state index in [1.165, 1.54) is 0 Å². The van der Waals surface area contributed by atoms with Crippen LogP contribution in [0.4, 0.5) is 0 Å². The van der Waals surface area contributed by atoms with Gasteiger partial charge in [0.25, 0.3) is 0 Å². The molecule has 2 aromatic carbocycles. The first-order chi connectivity index (χ1) is 17.9. The summed E-state index contributed by atoms with van der Waals surface area (Å²) in [6.07, 6.45) is 1.79. The zero-order valence-electron chi connectivity index (χ0n) is 20.3. The van der Waals surface area contributed by atoms with Gasteiger partial charge in [0.15, 0.2) is 5.78 Å². The predicted molar refractivity (Wildman–Crippen MR) is 138 cm³/mol. The number of H-pyrrole nitrogens is 1. The highest BCUT2D eigenvalue weighted by Gasteiger charge is 2.56. The maximum absolute atomic E-state index is 13.7. The van der Waals surface area contributed by atoms with Crippen LogP contribution in [0.2, 0.25) is 5.02 Å². The number of aromatic amines is 1. The van der Waals surface area contributed by atoms with E-state index in [4.69, 9.17) is 11.6 Å². The molecule has 6 rings (SSSR count). The zero-order chi connectivity index (χ0) is 25.7. The molecule has 0 spiro atoms. The summed E-state index contributed by atoms with van der Waals surface area (Å²) in [5, 5.41) is 19.1. The van der Waals surface area contributed by atoms with E-state index in [-0.39, 0.29) is 41.9 Å². The Balaban J connectivity index is 1.17. The van der Waals surface area contributed by atoms with Gasteiger partial charge in [0.05, 0.1) is 29.3 Å². The maximum atomic E-state index is 13.7. The Morgan fingerprint density at radius 1 is 1.03 bits per heavy atom. The highest BCUT2D eigenvalue weighted by molar-refractivity contribution is 6.35. The number of hydrogen-bond acceptors (Lipinski definition) is 5. The lowest BCUT2D eigenvalue weighted by atomic mass is 9.88. The summed E-state index contributed by atoms with van der Waals surface area (Å²) in [4.78, 5) is 43.6. The van der Waals surface area contributed by atoms with Gasteiger partial charge in [-0.15, -0.1) is 0 Å². The van der Waals surface area contributed by atoms with Crippen LogP contribution in [-0.2, 0) is 16.0 Å². The van der Waals surface area contributed by atoms with Crippen molar-refractivity contribution in [2.75, 3.05) is 13.1 Å². The van der Waals surface area contributed by atoms with E-state index in [1.807, 2.05) is 42.5 Å². The van der Waals surface area contributed by atoms with Crippen molar-refractivity contribution in [3.8, 4) is 0 Å². The predicted octanol–water partition coefficient (Wildman–Crippen LogP) is 3.23. The van der Waals surface area contributed by atoms with Gasteiger partial charge in [-0.2, -0.15) is 5.10 Å². The van der Waals surface area contributed by atoms with Crippen molar-refractivity contribution in [2.24, 2.45) is 11.8 Å². The first-order valence-electron chi connectivity index (χ1n) is 12.9. The topological polar surface area (TPSA) is 107 Å². The van der Waals surface area contributed by atoms with E-state index < -0.39 is 12.1 Å². The third kappa shape index (κ3) is 4.22. The Kier molecular flexibility index (Phi) is 6.24. The summed E-state index contributed by atoms with van der Waals surface area (Å²) >= 11 is 6.24. The van der Waals surface area contributed by atoms with Gasteiger partial charge in [-0.05, 0) is 37.7 Å². The minimum absolute atomic E-state index is 0.0458. The number of Topliss-reactive ketones (excluding diaryl/α,β-unsaturated/α-hetero) is 1. The average molecular weight is 521 g/mol. The van der Waals surface area contributed by atoms with Crippen LogP contribution < -0.4 is 0 Å². The fourth-order valence-corrected chi connectivity index (χ4v) is 6.72. The Hall–Kier alpha value is -3.23. The van der Waals surface area contributed by atoms with E-state index in [9.17, 15) is 19.5 Å². The molecule has 2 N–H and O–H groups in total. The summed E-state index contributed by atoms with van der Waals surface area (Å²) < 4.78 is 0. The number of rotatable bonds is 5. The number of halogens is 1. The number of piperidine rings is 2. The first-order valence-corrected chi connectivity index (χ1v) is 13.3. The molecule has 2 amide bonds. The van der Waals surface area contributed by atoms with Crippen LogP contribution in [0.1, 0.15) is 41.7 Å². The lowest BCUT2D eigenvalue weighted by molar-refractivity contribution is -0.151. The van der Waals surface area contributed by atoms with Crippen molar-refractivity contribution in [2.45, 2.75) is 50.3 Å². The Morgan fingerprint density at radius 2 is 1.78 bits per heavy atom. The van der Waals surface area contributed by atoms with Crippen LogP contribution >= 0.6 is 11.6 Å². The number of carbonyl (C=O) groups excluding carboxylic acids is 3. The molecule has 1 saturated carbocycles. The van der Waals surface area contributed by atoms with Crippen LogP contribution in [0, 0.1) is 11.8 Å². The Morgan fingerprint density at radius 3 is 2.54 bits per heavy atom. The number of ketones is 1. The number of likely N-dealkylation sites (tertiary alicyclic amines) is 2. The standard InChI is InChI=1S/C28H29ClN4O4/c29-20-8-4-7-19-21(30-31-25(19)20)15-24(35)33-22-13-18(14-23(22)34)26(33)28(37)32-11-9-17(10-12-32)27(36)16-5-2-1-3-6-16/h1-8,17-18,22-23,26,34H,9-15H2,(H,30,31)/t18?,22?,23-,26+/m0/s1. The van der Waals surface area contributed by atoms with Gasteiger partial charge in [-0.3, -0.25) is 19.5 Å². The molecular formula is C28H29ClN4O4. The number of nitrogens with zero attached hydrogens (tertiary/aromatic N) is 3. The van der Waals surface area contributed by atoms with Gasteiger partial charge in [0, 0.05) is 30.0 Å². The second kappa shape index (κ2) is 9.58. The van der Waals surface area contributed by atoms with Crippen LogP contribution in [-0.4, -0.2) is 74.0 Å². The molecule has 3 aliphatic rings. The van der Waals surface area contributed by atoms with Crippen LogP contribution in [0.5, 0.6) is 0 Å². The quantitative estimate of drug-likeness (QED) is 0.502. The van der Waals surface area contributed by atoms with Gasteiger partial charge in [0.2, 0.25) is 11.8 Å². The zero-order valence-corrected chi connectivity index (χ0v) is 21.1. The van der Waals surface area contributed by atoms with Gasteiger partial charge in [-0.25, -0.2) is 0 Å².